The fourth-order valence-corrected chi connectivity index (χ4v) is 2.14. The Labute approximate surface area is 106 Å². The molecule has 1 N–H and O–H groups in total. The number of anilines is 1. The first-order chi connectivity index (χ1) is 8.29. The number of rotatable bonds is 4. The van der Waals surface area contributed by atoms with E-state index < -0.39 is 0 Å². The van der Waals surface area contributed by atoms with Crippen molar-refractivity contribution in [1.29, 1.82) is 0 Å². The van der Waals surface area contributed by atoms with Crippen LogP contribution in [0.4, 0.5) is 5.69 Å². The third-order valence-electron chi connectivity index (χ3n) is 2.64. The van der Waals surface area contributed by atoms with E-state index >= 15 is 0 Å². The van der Waals surface area contributed by atoms with Gasteiger partial charge in [0.05, 0.1) is 6.04 Å². The number of thioether (sulfide) groups is 1. The summed E-state index contributed by atoms with van der Waals surface area (Å²) >= 11 is 1.75. The van der Waals surface area contributed by atoms with Crippen LogP contribution in [0.3, 0.4) is 0 Å². The standard InChI is InChI=1S/C14H16N2S/c1-11(12-5-4-8-15-10-12)16-13-6-3-7-14(9-13)17-2/h3-11,16H,1-2H3. The van der Waals surface area contributed by atoms with Gasteiger partial charge in [0.1, 0.15) is 0 Å². The van der Waals surface area contributed by atoms with Crippen molar-refractivity contribution in [3.05, 3.63) is 54.4 Å². The second-order valence-electron chi connectivity index (χ2n) is 3.88. The van der Waals surface area contributed by atoms with Gasteiger partial charge in [-0.1, -0.05) is 12.1 Å². The molecule has 2 nitrogen and oxygen atoms in total. The number of nitrogens with one attached hydrogen (secondary N) is 1. The number of hydrogen-bond acceptors (Lipinski definition) is 3. The van der Waals surface area contributed by atoms with Crippen molar-refractivity contribution >= 4 is 17.4 Å². The number of nitrogens with zero attached hydrogens (tertiary/aromatic N) is 1. The van der Waals surface area contributed by atoms with Crippen LogP contribution in [0.1, 0.15) is 18.5 Å². The fourth-order valence-electron chi connectivity index (χ4n) is 1.68. The first-order valence-electron chi connectivity index (χ1n) is 5.60. The Morgan fingerprint density at radius 3 is 2.82 bits per heavy atom. The molecule has 2 aromatic rings. The van der Waals surface area contributed by atoms with Gasteiger partial charge in [0, 0.05) is 23.0 Å². The highest BCUT2D eigenvalue weighted by Crippen LogP contribution is 2.22. The molecule has 0 aliphatic carbocycles. The lowest BCUT2D eigenvalue weighted by atomic mass is 10.1. The van der Waals surface area contributed by atoms with E-state index in [2.05, 4.69) is 53.8 Å². The third-order valence-corrected chi connectivity index (χ3v) is 3.36. The highest BCUT2D eigenvalue weighted by molar-refractivity contribution is 7.98. The van der Waals surface area contributed by atoms with Gasteiger partial charge in [0.25, 0.3) is 0 Å². The minimum absolute atomic E-state index is 0.265. The van der Waals surface area contributed by atoms with Gasteiger partial charge in [-0.3, -0.25) is 4.98 Å². The van der Waals surface area contributed by atoms with Gasteiger partial charge in [-0.05, 0) is 43.0 Å². The van der Waals surface area contributed by atoms with Crippen LogP contribution >= 0.6 is 11.8 Å². The Morgan fingerprint density at radius 2 is 2.12 bits per heavy atom. The molecule has 0 bridgehead atoms. The Bertz CT molecular complexity index is 471. The molecule has 1 heterocycles. The van der Waals surface area contributed by atoms with Crippen LogP contribution in [0, 0.1) is 0 Å². The summed E-state index contributed by atoms with van der Waals surface area (Å²) in [5, 5.41) is 3.48. The van der Waals surface area contributed by atoms with E-state index in [9.17, 15) is 0 Å². The average Bonchev–Trinajstić information content (AvgIpc) is 2.40. The lowest BCUT2D eigenvalue weighted by Crippen LogP contribution is -2.06. The van der Waals surface area contributed by atoms with E-state index in [1.807, 2.05) is 12.3 Å². The number of pyridine rings is 1. The summed E-state index contributed by atoms with van der Waals surface area (Å²) in [7, 11) is 0. The van der Waals surface area contributed by atoms with E-state index in [0.717, 1.165) is 5.69 Å². The normalized spacial score (nSPS) is 12.1. The molecule has 0 amide bonds. The van der Waals surface area contributed by atoms with E-state index in [-0.39, 0.29) is 6.04 Å². The molecule has 17 heavy (non-hydrogen) atoms. The fraction of sp³-hybridized carbons (Fsp3) is 0.214. The topological polar surface area (TPSA) is 24.9 Å². The van der Waals surface area contributed by atoms with Crippen molar-refractivity contribution in [1.82, 2.24) is 4.98 Å². The predicted molar refractivity (Wildman–Crippen MR) is 74.5 cm³/mol. The number of benzene rings is 1. The van der Waals surface area contributed by atoms with Crippen LogP contribution in [-0.2, 0) is 0 Å². The maximum atomic E-state index is 4.14. The molecule has 0 aliphatic heterocycles. The summed E-state index contributed by atoms with van der Waals surface area (Å²) in [6.45, 7) is 2.14. The van der Waals surface area contributed by atoms with Crippen molar-refractivity contribution in [3.63, 3.8) is 0 Å². The van der Waals surface area contributed by atoms with Gasteiger partial charge >= 0.3 is 0 Å². The van der Waals surface area contributed by atoms with Crippen molar-refractivity contribution in [3.8, 4) is 0 Å². The first-order valence-corrected chi connectivity index (χ1v) is 6.82. The van der Waals surface area contributed by atoms with Gasteiger partial charge in [0.15, 0.2) is 0 Å². The van der Waals surface area contributed by atoms with Gasteiger partial charge < -0.3 is 5.32 Å². The zero-order chi connectivity index (χ0) is 12.1. The summed E-state index contributed by atoms with van der Waals surface area (Å²) in [5.74, 6) is 0. The molecule has 1 aromatic carbocycles. The molecular formula is C14H16N2S. The second kappa shape index (κ2) is 5.73. The first kappa shape index (κ1) is 12.0. The predicted octanol–water partition coefficient (Wildman–Crippen LogP) is 3.98. The molecular weight excluding hydrogens is 228 g/mol. The Morgan fingerprint density at radius 1 is 1.24 bits per heavy atom. The van der Waals surface area contributed by atoms with E-state index in [1.165, 1.54) is 10.5 Å². The van der Waals surface area contributed by atoms with E-state index in [1.54, 1.807) is 18.0 Å². The quantitative estimate of drug-likeness (QED) is 0.824. The van der Waals surface area contributed by atoms with Crippen molar-refractivity contribution < 1.29 is 0 Å². The lowest BCUT2D eigenvalue weighted by Gasteiger charge is -2.15. The van der Waals surface area contributed by atoms with Crippen LogP contribution in [0.15, 0.2) is 53.7 Å². The maximum Gasteiger partial charge on any atom is 0.0500 e. The minimum atomic E-state index is 0.265. The summed E-state index contributed by atoms with van der Waals surface area (Å²) in [6.07, 6.45) is 5.78. The van der Waals surface area contributed by atoms with Crippen LogP contribution in [0.25, 0.3) is 0 Å². The monoisotopic (exact) mass is 244 g/mol. The highest BCUT2D eigenvalue weighted by atomic mass is 32.2. The van der Waals surface area contributed by atoms with E-state index in [4.69, 9.17) is 0 Å². The third kappa shape index (κ3) is 3.24. The summed E-state index contributed by atoms with van der Waals surface area (Å²) in [5.41, 5.74) is 2.34. The van der Waals surface area contributed by atoms with Gasteiger partial charge in [-0.25, -0.2) is 0 Å². The Kier molecular flexibility index (Phi) is 4.04. The molecule has 1 unspecified atom stereocenters. The van der Waals surface area contributed by atoms with Crippen molar-refractivity contribution in [2.24, 2.45) is 0 Å². The molecule has 0 spiro atoms. The van der Waals surface area contributed by atoms with E-state index in [0.29, 0.717) is 0 Å². The second-order valence-corrected chi connectivity index (χ2v) is 4.76. The van der Waals surface area contributed by atoms with Gasteiger partial charge in [0.2, 0.25) is 0 Å². The summed E-state index contributed by atoms with van der Waals surface area (Å²) in [6, 6.07) is 12.8. The molecule has 3 heteroatoms. The van der Waals surface area contributed by atoms with Crippen molar-refractivity contribution in [2.75, 3.05) is 11.6 Å². The largest absolute Gasteiger partial charge is 0.378 e. The zero-order valence-electron chi connectivity index (χ0n) is 10.1. The van der Waals surface area contributed by atoms with Crippen molar-refractivity contribution in [2.45, 2.75) is 17.9 Å². The molecule has 0 radical (unpaired) electrons. The van der Waals surface area contributed by atoms with Gasteiger partial charge in [-0.15, -0.1) is 11.8 Å². The smallest absolute Gasteiger partial charge is 0.0500 e. The van der Waals surface area contributed by atoms with Crippen LogP contribution < -0.4 is 5.32 Å². The molecule has 2 rings (SSSR count). The average molecular weight is 244 g/mol. The molecule has 0 saturated carbocycles. The zero-order valence-corrected chi connectivity index (χ0v) is 10.9. The number of hydrogen-bond donors (Lipinski definition) is 1. The maximum absolute atomic E-state index is 4.14. The molecule has 0 fully saturated rings. The Hall–Kier alpha value is -1.48. The van der Waals surface area contributed by atoms with Crippen LogP contribution in [-0.4, -0.2) is 11.2 Å². The summed E-state index contributed by atoms with van der Waals surface area (Å²) in [4.78, 5) is 5.41. The summed E-state index contributed by atoms with van der Waals surface area (Å²) < 4.78 is 0. The molecule has 1 aromatic heterocycles. The lowest BCUT2D eigenvalue weighted by molar-refractivity contribution is 0.875. The Balaban J connectivity index is 2.10. The van der Waals surface area contributed by atoms with Crippen LogP contribution in [0.5, 0.6) is 0 Å². The molecule has 0 saturated heterocycles. The highest BCUT2D eigenvalue weighted by Gasteiger charge is 2.04. The minimum Gasteiger partial charge on any atom is -0.378 e. The number of aromatic nitrogens is 1. The SMILES string of the molecule is CSc1cccc(NC(C)c2cccnc2)c1. The molecule has 88 valence electrons. The van der Waals surface area contributed by atoms with Gasteiger partial charge in [-0.2, -0.15) is 0 Å². The van der Waals surface area contributed by atoms with Crippen LogP contribution in [0.2, 0.25) is 0 Å². The molecule has 0 aliphatic rings. The molecule has 1 atom stereocenters.